The van der Waals surface area contributed by atoms with Crippen molar-refractivity contribution in [1.29, 1.82) is 0 Å². The molecule has 0 saturated carbocycles. The first-order valence-corrected chi connectivity index (χ1v) is 7.26. The molecular weight excluding hydrogens is 292 g/mol. The molecular formula is C10H9ClN4OS2. The van der Waals surface area contributed by atoms with Crippen LogP contribution >= 0.6 is 34.9 Å². The smallest absolute Gasteiger partial charge is 0.308 e. The van der Waals surface area contributed by atoms with Gasteiger partial charge in [0, 0.05) is 22.2 Å². The Morgan fingerprint density at radius 3 is 2.67 bits per heavy atom. The van der Waals surface area contributed by atoms with E-state index in [1.165, 1.54) is 11.8 Å². The number of carbonyl (C=O) groups excluding carboxylic acids is 1. The van der Waals surface area contributed by atoms with Crippen LogP contribution in [-0.4, -0.2) is 21.6 Å². The van der Waals surface area contributed by atoms with Crippen LogP contribution in [-0.2, 0) is 0 Å². The molecule has 1 aromatic heterocycles. The molecule has 0 saturated heterocycles. The van der Waals surface area contributed by atoms with Crippen LogP contribution in [0.25, 0.3) is 0 Å². The number of halogens is 1. The SMILES string of the molecule is CSc1nsc(NC(=O)Nc2ccc(Cl)cc2)n1. The van der Waals surface area contributed by atoms with Gasteiger partial charge < -0.3 is 5.32 Å². The van der Waals surface area contributed by atoms with Crippen molar-refractivity contribution in [2.45, 2.75) is 5.16 Å². The van der Waals surface area contributed by atoms with Crippen LogP contribution in [0, 0.1) is 0 Å². The summed E-state index contributed by atoms with van der Waals surface area (Å²) in [7, 11) is 0. The van der Waals surface area contributed by atoms with Crippen molar-refractivity contribution in [3.63, 3.8) is 0 Å². The fraction of sp³-hybridized carbons (Fsp3) is 0.100. The lowest BCUT2D eigenvalue weighted by molar-refractivity contribution is 0.262. The third kappa shape index (κ3) is 3.59. The number of benzene rings is 1. The molecule has 0 fully saturated rings. The standard InChI is InChI=1S/C10H9ClN4OS2/c1-17-10-14-9(18-15-10)13-8(16)12-7-4-2-6(11)3-5-7/h2-5H,1H3,(H2,12,13,14,15,16). The van der Waals surface area contributed by atoms with Crippen LogP contribution in [0.4, 0.5) is 15.6 Å². The summed E-state index contributed by atoms with van der Waals surface area (Å²) in [5.41, 5.74) is 0.659. The second-order valence-electron chi connectivity index (χ2n) is 3.17. The average Bonchev–Trinajstić information content (AvgIpc) is 2.79. The third-order valence-electron chi connectivity index (χ3n) is 1.91. The van der Waals surface area contributed by atoms with Crippen molar-refractivity contribution in [2.75, 3.05) is 16.9 Å². The Bertz CT molecular complexity index is 543. The zero-order valence-corrected chi connectivity index (χ0v) is 11.7. The van der Waals surface area contributed by atoms with E-state index in [2.05, 4.69) is 20.0 Å². The molecule has 2 N–H and O–H groups in total. The van der Waals surface area contributed by atoms with Crippen LogP contribution in [0.2, 0.25) is 5.02 Å². The maximum absolute atomic E-state index is 11.6. The van der Waals surface area contributed by atoms with Gasteiger partial charge in [0.05, 0.1) is 0 Å². The van der Waals surface area contributed by atoms with Gasteiger partial charge in [-0.25, -0.2) is 4.79 Å². The van der Waals surface area contributed by atoms with Crippen molar-refractivity contribution < 1.29 is 4.79 Å². The molecule has 0 spiro atoms. The highest BCUT2D eigenvalue weighted by molar-refractivity contribution is 7.98. The number of rotatable bonds is 3. The van der Waals surface area contributed by atoms with Gasteiger partial charge in [0.15, 0.2) is 0 Å². The molecule has 2 aromatic rings. The minimum Gasteiger partial charge on any atom is -0.308 e. The van der Waals surface area contributed by atoms with Gasteiger partial charge in [0.2, 0.25) is 10.3 Å². The summed E-state index contributed by atoms with van der Waals surface area (Å²) in [6.45, 7) is 0. The van der Waals surface area contributed by atoms with Crippen LogP contribution in [0.15, 0.2) is 29.4 Å². The molecule has 0 radical (unpaired) electrons. The summed E-state index contributed by atoms with van der Waals surface area (Å²) in [4.78, 5) is 15.7. The van der Waals surface area contributed by atoms with Crippen molar-refractivity contribution in [3.05, 3.63) is 29.3 Å². The maximum Gasteiger partial charge on any atom is 0.325 e. The monoisotopic (exact) mass is 300 g/mol. The van der Waals surface area contributed by atoms with Crippen molar-refractivity contribution >= 4 is 51.7 Å². The molecule has 8 heteroatoms. The van der Waals surface area contributed by atoms with E-state index in [9.17, 15) is 4.79 Å². The molecule has 0 atom stereocenters. The van der Waals surface area contributed by atoms with Gasteiger partial charge in [0.1, 0.15) is 0 Å². The highest BCUT2D eigenvalue weighted by Gasteiger charge is 2.07. The van der Waals surface area contributed by atoms with Gasteiger partial charge in [-0.05, 0) is 30.5 Å². The van der Waals surface area contributed by atoms with Gasteiger partial charge in [-0.15, -0.1) is 0 Å². The third-order valence-corrected chi connectivity index (χ3v) is 3.46. The zero-order valence-electron chi connectivity index (χ0n) is 9.31. The van der Waals surface area contributed by atoms with Crippen LogP contribution in [0.3, 0.4) is 0 Å². The van der Waals surface area contributed by atoms with Gasteiger partial charge in [-0.2, -0.15) is 9.36 Å². The van der Waals surface area contributed by atoms with E-state index < -0.39 is 0 Å². The Balaban J connectivity index is 1.94. The van der Waals surface area contributed by atoms with Crippen molar-refractivity contribution in [2.24, 2.45) is 0 Å². The molecule has 0 aliphatic heterocycles. The van der Waals surface area contributed by atoms with Gasteiger partial charge in [0.25, 0.3) is 0 Å². The molecule has 94 valence electrons. The molecule has 0 unspecified atom stereocenters. The lowest BCUT2D eigenvalue weighted by atomic mass is 10.3. The molecule has 2 amide bonds. The number of nitrogens with zero attached hydrogens (tertiary/aromatic N) is 2. The van der Waals surface area contributed by atoms with Gasteiger partial charge in [-0.1, -0.05) is 23.4 Å². The Morgan fingerprint density at radius 2 is 2.06 bits per heavy atom. The molecule has 0 bridgehead atoms. The topological polar surface area (TPSA) is 66.9 Å². The molecule has 1 heterocycles. The van der Waals surface area contributed by atoms with Gasteiger partial charge in [-0.3, -0.25) is 5.32 Å². The molecule has 0 aliphatic rings. The molecule has 0 aliphatic carbocycles. The van der Waals surface area contributed by atoms with E-state index in [1.807, 2.05) is 6.26 Å². The Hall–Kier alpha value is -1.31. The largest absolute Gasteiger partial charge is 0.325 e. The number of hydrogen-bond acceptors (Lipinski definition) is 5. The highest BCUT2D eigenvalue weighted by Crippen LogP contribution is 2.18. The van der Waals surface area contributed by atoms with Gasteiger partial charge >= 0.3 is 6.03 Å². The lowest BCUT2D eigenvalue weighted by Crippen LogP contribution is -2.19. The minimum absolute atomic E-state index is 0.360. The number of anilines is 2. The molecule has 2 rings (SSSR count). The summed E-state index contributed by atoms with van der Waals surface area (Å²) >= 11 is 8.31. The Labute approximate surface area is 117 Å². The predicted octanol–water partition coefficient (Wildman–Crippen LogP) is 3.56. The number of aromatic nitrogens is 2. The predicted molar refractivity (Wildman–Crippen MR) is 75.8 cm³/mol. The summed E-state index contributed by atoms with van der Waals surface area (Å²) in [6, 6.07) is 6.48. The number of thioether (sulfide) groups is 1. The lowest BCUT2D eigenvalue weighted by Gasteiger charge is -2.04. The first kappa shape index (κ1) is 13.1. The van der Waals surface area contributed by atoms with E-state index in [0.717, 1.165) is 11.5 Å². The highest BCUT2D eigenvalue weighted by atomic mass is 35.5. The van der Waals surface area contributed by atoms with Crippen molar-refractivity contribution in [1.82, 2.24) is 9.36 Å². The number of nitrogens with one attached hydrogen (secondary N) is 2. The van der Waals surface area contributed by atoms with E-state index in [1.54, 1.807) is 24.3 Å². The number of hydrogen-bond donors (Lipinski definition) is 2. The Kier molecular flexibility index (Phi) is 4.40. The second kappa shape index (κ2) is 6.03. The van der Waals surface area contributed by atoms with E-state index in [0.29, 0.717) is 21.0 Å². The fourth-order valence-electron chi connectivity index (χ4n) is 1.14. The van der Waals surface area contributed by atoms with Crippen LogP contribution in [0.1, 0.15) is 0 Å². The quantitative estimate of drug-likeness (QED) is 0.851. The Morgan fingerprint density at radius 1 is 1.33 bits per heavy atom. The number of urea groups is 1. The van der Waals surface area contributed by atoms with E-state index in [-0.39, 0.29) is 6.03 Å². The molecule has 5 nitrogen and oxygen atoms in total. The summed E-state index contributed by atoms with van der Waals surface area (Å²) in [6.07, 6.45) is 1.87. The van der Waals surface area contributed by atoms with E-state index in [4.69, 9.17) is 11.6 Å². The first-order valence-electron chi connectivity index (χ1n) is 4.88. The van der Waals surface area contributed by atoms with E-state index >= 15 is 0 Å². The number of amides is 2. The normalized spacial score (nSPS) is 10.1. The summed E-state index contributed by atoms with van der Waals surface area (Å²) in [5, 5.41) is 7.00. The zero-order chi connectivity index (χ0) is 13.0. The fourth-order valence-corrected chi connectivity index (χ4v) is 2.38. The molecule has 1 aromatic carbocycles. The van der Waals surface area contributed by atoms with Crippen molar-refractivity contribution in [3.8, 4) is 0 Å². The molecule has 18 heavy (non-hydrogen) atoms. The summed E-state index contributed by atoms with van der Waals surface area (Å²) < 4.78 is 4.04. The summed E-state index contributed by atoms with van der Waals surface area (Å²) in [5.74, 6) is 0. The van der Waals surface area contributed by atoms with Crippen LogP contribution < -0.4 is 10.6 Å². The first-order chi connectivity index (χ1) is 8.67. The maximum atomic E-state index is 11.6. The average molecular weight is 301 g/mol. The van der Waals surface area contributed by atoms with Crippen LogP contribution in [0.5, 0.6) is 0 Å². The number of carbonyl (C=O) groups is 1. The second-order valence-corrected chi connectivity index (χ2v) is 5.13. The minimum atomic E-state index is -0.360.